The van der Waals surface area contributed by atoms with E-state index in [-0.39, 0.29) is 17.7 Å². The summed E-state index contributed by atoms with van der Waals surface area (Å²) in [6, 6.07) is 13.8. The Morgan fingerprint density at radius 2 is 1.94 bits per heavy atom. The third-order valence-corrected chi connectivity index (χ3v) is 6.94. The molecule has 3 aromatic rings. The standard InChI is InChI=1S/C24H26N4O2S/c29-23(25-14-17-10-11-17)18-6-4-12-27(15-18)24(30)20-16-28(19-7-2-1-3-8-19)26-22(20)21-9-5-13-31-21/h1-3,5,7-9,13,16-18H,4,6,10-12,14-15H2,(H,25,29). The van der Waals surface area contributed by atoms with Gasteiger partial charge in [0.15, 0.2) is 0 Å². The van der Waals surface area contributed by atoms with Crippen LogP contribution in [-0.4, -0.2) is 46.1 Å². The van der Waals surface area contributed by atoms with Crippen molar-refractivity contribution in [3.8, 4) is 16.3 Å². The first kappa shape index (κ1) is 20.0. The van der Waals surface area contributed by atoms with Gasteiger partial charge in [0.2, 0.25) is 5.91 Å². The first-order chi connectivity index (χ1) is 15.2. The van der Waals surface area contributed by atoms with Crippen molar-refractivity contribution in [3.63, 3.8) is 0 Å². The highest BCUT2D eigenvalue weighted by molar-refractivity contribution is 7.13. The predicted octanol–water partition coefficient (Wildman–Crippen LogP) is 3.98. The summed E-state index contributed by atoms with van der Waals surface area (Å²) >= 11 is 1.57. The highest BCUT2D eigenvalue weighted by Crippen LogP contribution is 2.30. The van der Waals surface area contributed by atoms with Gasteiger partial charge < -0.3 is 10.2 Å². The van der Waals surface area contributed by atoms with Crippen molar-refractivity contribution in [2.45, 2.75) is 25.7 Å². The second-order valence-electron chi connectivity index (χ2n) is 8.43. The van der Waals surface area contributed by atoms with Gasteiger partial charge >= 0.3 is 0 Å². The summed E-state index contributed by atoms with van der Waals surface area (Å²) in [6.07, 6.45) is 5.93. The normalized spacial score (nSPS) is 18.7. The Morgan fingerprint density at radius 3 is 2.68 bits per heavy atom. The minimum atomic E-state index is -0.134. The number of hydrogen-bond acceptors (Lipinski definition) is 4. The molecule has 3 heterocycles. The minimum Gasteiger partial charge on any atom is -0.356 e. The molecule has 1 saturated heterocycles. The van der Waals surface area contributed by atoms with Crippen LogP contribution >= 0.6 is 11.3 Å². The fourth-order valence-electron chi connectivity index (χ4n) is 4.10. The number of carbonyl (C=O) groups is 2. The summed E-state index contributed by atoms with van der Waals surface area (Å²) < 4.78 is 1.77. The van der Waals surface area contributed by atoms with Crippen molar-refractivity contribution < 1.29 is 9.59 Å². The smallest absolute Gasteiger partial charge is 0.257 e. The van der Waals surface area contributed by atoms with Crippen molar-refractivity contribution in [1.82, 2.24) is 20.0 Å². The van der Waals surface area contributed by atoms with Crippen LogP contribution in [0.5, 0.6) is 0 Å². The highest BCUT2D eigenvalue weighted by atomic mass is 32.1. The number of rotatable bonds is 6. The van der Waals surface area contributed by atoms with Gasteiger partial charge in [-0.25, -0.2) is 4.68 Å². The fourth-order valence-corrected chi connectivity index (χ4v) is 4.82. The lowest BCUT2D eigenvalue weighted by Gasteiger charge is -2.32. The Hall–Kier alpha value is -2.93. The lowest BCUT2D eigenvalue weighted by molar-refractivity contribution is -0.126. The number of likely N-dealkylation sites (tertiary alicyclic amines) is 1. The summed E-state index contributed by atoms with van der Waals surface area (Å²) in [5.41, 5.74) is 2.20. The number of thiophene rings is 1. The van der Waals surface area contributed by atoms with Crippen molar-refractivity contribution in [1.29, 1.82) is 0 Å². The average Bonchev–Trinajstić information content (AvgIpc) is 3.29. The summed E-state index contributed by atoms with van der Waals surface area (Å²) in [5.74, 6) is 0.557. The number of aromatic nitrogens is 2. The van der Waals surface area contributed by atoms with Crippen LogP contribution in [0.25, 0.3) is 16.3 Å². The van der Waals surface area contributed by atoms with Gasteiger partial charge in [-0.15, -0.1) is 11.3 Å². The predicted molar refractivity (Wildman–Crippen MR) is 121 cm³/mol. The maximum absolute atomic E-state index is 13.6. The number of carbonyl (C=O) groups excluding carboxylic acids is 2. The van der Waals surface area contributed by atoms with Gasteiger partial charge in [0.05, 0.1) is 22.0 Å². The van der Waals surface area contributed by atoms with Crippen LogP contribution in [0.4, 0.5) is 0 Å². The molecule has 1 atom stereocenters. The van der Waals surface area contributed by atoms with E-state index in [0.29, 0.717) is 30.3 Å². The zero-order valence-corrected chi connectivity index (χ0v) is 18.2. The van der Waals surface area contributed by atoms with Crippen LogP contribution in [0.2, 0.25) is 0 Å². The number of benzene rings is 1. The van der Waals surface area contributed by atoms with E-state index < -0.39 is 0 Å². The monoisotopic (exact) mass is 434 g/mol. The Morgan fingerprint density at radius 1 is 1.10 bits per heavy atom. The molecule has 5 rings (SSSR count). The molecule has 1 aliphatic heterocycles. The maximum Gasteiger partial charge on any atom is 0.257 e. The van der Waals surface area contributed by atoms with Crippen molar-refractivity contribution in [2.24, 2.45) is 11.8 Å². The molecule has 2 aromatic heterocycles. The molecule has 1 N–H and O–H groups in total. The summed E-state index contributed by atoms with van der Waals surface area (Å²) in [7, 11) is 0. The molecule has 0 bridgehead atoms. The second-order valence-corrected chi connectivity index (χ2v) is 9.38. The van der Waals surface area contributed by atoms with Crippen molar-refractivity contribution >= 4 is 23.2 Å². The van der Waals surface area contributed by atoms with E-state index in [1.165, 1.54) is 12.8 Å². The Labute approximate surface area is 185 Å². The van der Waals surface area contributed by atoms with Crippen LogP contribution < -0.4 is 5.32 Å². The zero-order valence-electron chi connectivity index (χ0n) is 17.4. The van der Waals surface area contributed by atoms with Crippen LogP contribution in [0.1, 0.15) is 36.0 Å². The molecule has 6 nitrogen and oxygen atoms in total. The summed E-state index contributed by atoms with van der Waals surface area (Å²) in [5, 5.41) is 9.82. The molecule has 0 radical (unpaired) electrons. The Bertz CT molecular complexity index is 1060. The molecule has 0 spiro atoms. The minimum absolute atomic E-state index is 0.0507. The third kappa shape index (κ3) is 4.42. The molecule has 2 amide bonds. The highest BCUT2D eigenvalue weighted by Gasteiger charge is 2.32. The molecule has 2 fully saturated rings. The van der Waals surface area contributed by atoms with Gasteiger partial charge in [-0.2, -0.15) is 5.10 Å². The van der Waals surface area contributed by atoms with Crippen LogP contribution in [0.15, 0.2) is 54.0 Å². The summed E-state index contributed by atoms with van der Waals surface area (Å²) in [6.45, 7) is 1.91. The Kier molecular flexibility index (Phi) is 5.59. The molecule has 1 saturated carbocycles. The number of hydrogen-bond donors (Lipinski definition) is 1. The summed E-state index contributed by atoms with van der Waals surface area (Å²) in [4.78, 5) is 29.0. The van der Waals surface area contributed by atoms with Gasteiger partial charge in [0, 0.05) is 25.8 Å². The number of para-hydroxylation sites is 1. The lowest BCUT2D eigenvalue weighted by Crippen LogP contribution is -2.45. The molecule has 1 aromatic carbocycles. The first-order valence-corrected chi connectivity index (χ1v) is 11.8. The van der Waals surface area contributed by atoms with Crippen LogP contribution in [0, 0.1) is 11.8 Å². The average molecular weight is 435 g/mol. The molecule has 1 aliphatic carbocycles. The number of nitrogens with one attached hydrogen (secondary N) is 1. The quantitative estimate of drug-likeness (QED) is 0.638. The van der Waals surface area contributed by atoms with Gasteiger partial charge in [-0.3, -0.25) is 9.59 Å². The number of nitrogens with zero attached hydrogens (tertiary/aromatic N) is 3. The largest absolute Gasteiger partial charge is 0.356 e. The molecule has 1 unspecified atom stereocenters. The van der Waals surface area contributed by atoms with E-state index >= 15 is 0 Å². The van der Waals surface area contributed by atoms with E-state index in [0.717, 1.165) is 30.0 Å². The van der Waals surface area contributed by atoms with E-state index in [9.17, 15) is 9.59 Å². The number of amides is 2. The first-order valence-electron chi connectivity index (χ1n) is 10.9. The maximum atomic E-state index is 13.6. The van der Waals surface area contributed by atoms with Crippen LogP contribution in [0.3, 0.4) is 0 Å². The van der Waals surface area contributed by atoms with Crippen LogP contribution in [-0.2, 0) is 4.79 Å². The molecule has 7 heteroatoms. The van der Waals surface area contributed by atoms with E-state index in [1.807, 2.05) is 58.9 Å². The van der Waals surface area contributed by atoms with Crippen molar-refractivity contribution in [3.05, 3.63) is 59.6 Å². The third-order valence-electron chi connectivity index (χ3n) is 6.06. The van der Waals surface area contributed by atoms with E-state index in [4.69, 9.17) is 5.10 Å². The molecule has 2 aliphatic rings. The molecule has 31 heavy (non-hydrogen) atoms. The topological polar surface area (TPSA) is 67.2 Å². The van der Waals surface area contributed by atoms with Crippen molar-refractivity contribution in [2.75, 3.05) is 19.6 Å². The van der Waals surface area contributed by atoms with E-state index in [2.05, 4.69) is 5.32 Å². The van der Waals surface area contributed by atoms with Gasteiger partial charge in [0.25, 0.3) is 5.91 Å². The second kappa shape index (κ2) is 8.67. The van der Waals surface area contributed by atoms with Gasteiger partial charge in [0.1, 0.15) is 5.69 Å². The SMILES string of the molecule is O=C(NCC1CC1)C1CCCN(C(=O)c2cn(-c3ccccc3)nc2-c2cccs2)C1. The molecule has 160 valence electrons. The van der Waals surface area contributed by atoms with Gasteiger partial charge in [-0.1, -0.05) is 24.3 Å². The Balaban J connectivity index is 1.38. The fraction of sp³-hybridized carbons (Fsp3) is 0.375. The number of piperidine rings is 1. The van der Waals surface area contributed by atoms with E-state index in [1.54, 1.807) is 16.0 Å². The molecular weight excluding hydrogens is 408 g/mol. The molecular formula is C24H26N4O2S. The lowest BCUT2D eigenvalue weighted by atomic mass is 9.96. The zero-order chi connectivity index (χ0) is 21.2. The van der Waals surface area contributed by atoms with Gasteiger partial charge in [-0.05, 0) is 55.2 Å².